The Labute approximate surface area is 152 Å². The van der Waals surface area contributed by atoms with Gasteiger partial charge in [0.25, 0.3) is 5.91 Å². The molecule has 0 bridgehead atoms. The Kier molecular flexibility index (Phi) is 5.56. The van der Waals surface area contributed by atoms with Gasteiger partial charge in [-0.1, -0.05) is 24.3 Å². The van der Waals surface area contributed by atoms with Crippen molar-refractivity contribution >= 4 is 5.91 Å². The van der Waals surface area contributed by atoms with Gasteiger partial charge in [-0.3, -0.25) is 9.78 Å². The second-order valence-electron chi connectivity index (χ2n) is 5.68. The summed E-state index contributed by atoms with van der Waals surface area (Å²) < 4.78 is 1.68. The Morgan fingerprint density at radius 1 is 1.23 bits per heavy atom. The van der Waals surface area contributed by atoms with Crippen LogP contribution in [-0.4, -0.2) is 50.4 Å². The van der Waals surface area contributed by atoms with Crippen LogP contribution >= 0.6 is 0 Å². The minimum absolute atomic E-state index is 0.116. The molecule has 0 unspecified atom stereocenters. The van der Waals surface area contributed by atoms with Crippen LogP contribution in [0.15, 0.2) is 73.7 Å². The summed E-state index contributed by atoms with van der Waals surface area (Å²) in [5.74, 6) is -0.208. The van der Waals surface area contributed by atoms with E-state index in [4.69, 9.17) is 0 Å². The van der Waals surface area contributed by atoms with Crippen molar-refractivity contribution in [1.29, 1.82) is 0 Å². The number of pyridine rings is 1. The van der Waals surface area contributed by atoms with Crippen LogP contribution < -0.4 is 0 Å². The van der Waals surface area contributed by atoms with E-state index in [0.29, 0.717) is 17.8 Å². The van der Waals surface area contributed by atoms with Gasteiger partial charge in [0.05, 0.1) is 17.9 Å². The van der Waals surface area contributed by atoms with Crippen molar-refractivity contribution in [3.8, 4) is 16.9 Å². The third-order valence-electron chi connectivity index (χ3n) is 3.91. The van der Waals surface area contributed by atoms with Gasteiger partial charge in [-0.05, 0) is 24.3 Å². The van der Waals surface area contributed by atoms with Gasteiger partial charge in [0, 0.05) is 37.2 Å². The van der Waals surface area contributed by atoms with E-state index in [-0.39, 0.29) is 19.1 Å². The largest absolute Gasteiger partial charge is 0.395 e. The maximum atomic E-state index is 13.1. The quantitative estimate of drug-likeness (QED) is 0.666. The molecule has 1 amide bonds. The van der Waals surface area contributed by atoms with E-state index in [1.807, 2.05) is 36.4 Å². The zero-order chi connectivity index (χ0) is 18.4. The summed E-state index contributed by atoms with van der Waals surface area (Å²) in [6, 6.07) is 13.3. The predicted octanol–water partition coefficient (Wildman–Crippen LogP) is 2.55. The lowest BCUT2D eigenvalue weighted by Crippen LogP contribution is -2.33. The molecule has 26 heavy (non-hydrogen) atoms. The van der Waals surface area contributed by atoms with Gasteiger partial charge < -0.3 is 10.0 Å². The topological polar surface area (TPSA) is 71.2 Å². The number of aromatic nitrogens is 3. The molecule has 2 heterocycles. The molecule has 0 radical (unpaired) electrons. The van der Waals surface area contributed by atoms with Crippen molar-refractivity contribution < 1.29 is 9.90 Å². The van der Waals surface area contributed by atoms with Crippen molar-refractivity contribution in [2.24, 2.45) is 0 Å². The van der Waals surface area contributed by atoms with Gasteiger partial charge in [-0.2, -0.15) is 5.10 Å². The van der Waals surface area contributed by atoms with Gasteiger partial charge in [-0.15, -0.1) is 6.58 Å². The van der Waals surface area contributed by atoms with Crippen molar-refractivity contribution in [2.75, 3.05) is 19.7 Å². The minimum Gasteiger partial charge on any atom is -0.395 e. The van der Waals surface area contributed by atoms with E-state index in [9.17, 15) is 9.90 Å². The third kappa shape index (κ3) is 3.70. The molecule has 0 aliphatic rings. The first-order valence-corrected chi connectivity index (χ1v) is 8.31. The highest BCUT2D eigenvalue weighted by atomic mass is 16.3. The highest BCUT2D eigenvalue weighted by Gasteiger charge is 2.22. The SMILES string of the molecule is C=CCN(CCO)C(=O)c1cn(-c2ccccc2)nc1-c1cccnc1. The molecule has 0 aliphatic heterocycles. The van der Waals surface area contributed by atoms with Crippen LogP contribution in [0.4, 0.5) is 0 Å². The number of aliphatic hydroxyl groups excluding tert-OH is 1. The average Bonchev–Trinajstić information content (AvgIpc) is 3.14. The fraction of sp³-hybridized carbons (Fsp3) is 0.150. The molecule has 0 fully saturated rings. The van der Waals surface area contributed by atoms with E-state index >= 15 is 0 Å². The van der Waals surface area contributed by atoms with Crippen LogP contribution in [0.1, 0.15) is 10.4 Å². The predicted molar refractivity (Wildman–Crippen MR) is 100.0 cm³/mol. The van der Waals surface area contributed by atoms with E-state index in [1.54, 1.807) is 40.3 Å². The Balaban J connectivity index is 2.08. The Morgan fingerprint density at radius 3 is 2.69 bits per heavy atom. The minimum atomic E-state index is -0.208. The van der Waals surface area contributed by atoms with E-state index in [1.165, 1.54) is 0 Å². The maximum Gasteiger partial charge on any atom is 0.258 e. The number of benzene rings is 1. The summed E-state index contributed by atoms with van der Waals surface area (Å²) in [5, 5.41) is 13.9. The summed E-state index contributed by atoms with van der Waals surface area (Å²) in [6.07, 6.45) is 6.71. The molecule has 0 spiro atoms. The molecule has 0 saturated heterocycles. The van der Waals surface area contributed by atoms with Gasteiger partial charge >= 0.3 is 0 Å². The van der Waals surface area contributed by atoms with Crippen molar-refractivity contribution in [3.63, 3.8) is 0 Å². The van der Waals surface area contributed by atoms with Crippen LogP contribution in [0.3, 0.4) is 0 Å². The third-order valence-corrected chi connectivity index (χ3v) is 3.91. The normalized spacial score (nSPS) is 10.5. The summed E-state index contributed by atoms with van der Waals surface area (Å²) in [6.45, 7) is 4.15. The number of amides is 1. The molecule has 0 saturated carbocycles. The Morgan fingerprint density at radius 2 is 2.04 bits per heavy atom. The maximum absolute atomic E-state index is 13.1. The lowest BCUT2D eigenvalue weighted by atomic mass is 10.1. The van der Waals surface area contributed by atoms with Crippen LogP contribution in [0, 0.1) is 0 Å². The number of rotatable bonds is 7. The highest BCUT2D eigenvalue weighted by Crippen LogP contribution is 2.24. The molecule has 6 heteroatoms. The lowest BCUT2D eigenvalue weighted by molar-refractivity contribution is 0.0743. The molecule has 2 aromatic heterocycles. The molecule has 132 valence electrons. The summed E-state index contributed by atoms with van der Waals surface area (Å²) in [5.41, 5.74) is 2.62. The van der Waals surface area contributed by atoms with Gasteiger partial charge in [0.1, 0.15) is 5.69 Å². The number of hydrogen-bond donors (Lipinski definition) is 1. The molecule has 3 rings (SSSR count). The number of aliphatic hydroxyl groups is 1. The summed E-state index contributed by atoms with van der Waals surface area (Å²) >= 11 is 0. The zero-order valence-corrected chi connectivity index (χ0v) is 14.3. The number of hydrogen-bond acceptors (Lipinski definition) is 4. The molecule has 1 N–H and O–H groups in total. The Bertz CT molecular complexity index is 875. The Hall–Kier alpha value is -3.25. The molecule has 6 nitrogen and oxygen atoms in total. The number of para-hydroxylation sites is 1. The monoisotopic (exact) mass is 348 g/mol. The molecule has 3 aromatic rings. The second kappa shape index (κ2) is 8.22. The van der Waals surface area contributed by atoms with E-state index in [2.05, 4.69) is 16.7 Å². The average molecular weight is 348 g/mol. The summed E-state index contributed by atoms with van der Waals surface area (Å²) in [4.78, 5) is 18.7. The molecular formula is C20H20N4O2. The number of carbonyl (C=O) groups excluding carboxylic acids is 1. The number of nitrogens with zero attached hydrogens (tertiary/aromatic N) is 4. The van der Waals surface area contributed by atoms with E-state index < -0.39 is 0 Å². The van der Waals surface area contributed by atoms with Crippen molar-refractivity contribution in [2.45, 2.75) is 0 Å². The highest BCUT2D eigenvalue weighted by molar-refractivity contribution is 6.00. The number of carbonyl (C=O) groups is 1. The molecule has 0 aliphatic carbocycles. The molecule has 1 aromatic carbocycles. The lowest BCUT2D eigenvalue weighted by Gasteiger charge is -2.19. The fourth-order valence-corrected chi connectivity index (χ4v) is 2.68. The second-order valence-corrected chi connectivity index (χ2v) is 5.68. The van der Waals surface area contributed by atoms with Gasteiger partial charge in [0.15, 0.2) is 0 Å². The first-order chi connectivity index (χ1) is 12.7. The van der Waals surface area contributed by atoms with Crippen LogP contribution in [-0.2, 0) is 0 Å². The molecule has 0 atom stereocenters. The van der Waals surface area contributed by atoms with Crippen LogP contribution in [0.25, 0.3) is 16.9 Å². The van der Waals surface area contributed by atoms with Crippen molar-refractivity contribution in [1.82, 2.24) is 19.7 Å². The standard InChI is InChI=1S/C20H20N4O2/c1-2-11-23(12-13-25)20(26)18-15-24(17-8-4-3-5-9-17)22-19(18)16-7-6-10-21-14-16/h2-10,14-15,25H,1,11-13H2. The van der Waals surface area contributed by atoms with Gasteiger partial charge in [0.2, 0.25) is 0 Å². The smallest absolute Gasteiger partial charge is 0.258 e. The first kappa shape index (κ1) is 17.6. The van der Waals surface area contributed by atoms with Gasteiger partial charge in [-0.25, -0.2) is 4.68 Å². The van der Waals surface area contributed by atoms with Crippen molar-refractivity contribution in [3.05, 3.63) is 79.3 Å². The molecular weight excluding hydrogens is 328 g/mol. The summed E-state index contributed by atoms with van der Waals surface area (Å²) in [7, 11) is 0. The van der Waals surface area contributed by atoms with Crippen LogP contribution in [0.2, 0.25) is 0 Å². The van der Waals surface area contributed by atoms with E-state index in [0.717, 1.165) is 11.3 Å². The zero-order valence-electron chi connectivity index (χ0n) is 14.3. The first-order valence-electron chi connectivity index (χ1n) is 8.31. The fourth-order valence-electron chi connectivity index (χ4n) is 2.68. The van der Waals surface area contributed by atoms with Crippen LogP contribution in [0.5, 0.6) is 0 Å².